The van der Waals surface area contributed by atoms with E-state index in [-0.39, 0.29) is 5.82 Å². The number of halogens is 2. The molecule has 0 saturated carbocycles. The standard InChI is InChI=1S/C14H19ClFN3/c1-18(2)9-4-10-19-12-6-3-5-11(16)14(12)17-13(19)7-8-15/h3,5-6H,4,7-10H2,1-2H3. The Balaban J connectivity index is 2.32. The van der Waals surface area contributed by atoms with Gasteiger partial charge in [-0.15, -0.1) is 11.6 Å². The highest BCUT2D eigenvalue weighted by molar-refractivity contribution is 6.17. The van der Waals surface area contributed by atoms with Crippen molar-refractivity contribution in [2.24, 2.45) is 0 Å². The molecule has 1 heterocycles. The second-order valence-corrected chi connectivity index (χ2v) is 5.26. The Kier molecular flexibility index (Phi) is 4.77. The smallest absolute Gasteiger partial charge is 0.151 e. The summed E-state index contributed by atoms with van der Waals surface area (Å²) in [5.74, 6) is 1.10. The lowest BCUT2D eigenvalue weighted by molar-refractivity contribution is 0.386. The van der Waals surface area contributed by atoms with Crippen LogP contribution in [0.15, 0.2) is 18.2 Å². The van der Waals surface area contributed by atoms with Crippen LogP contribution in [0.3, 0.4) is 0 Å². The van der Waals surface area contributed by atoms with E-state index < -0.39 is 0 Å². The number of benzene rings is 1. The van der Waals surface area contributed by atoms with Gasteiger partial charge in [-0.2, -0.15) is 0 Å². The zero-order chi connectivity index (χ0) is 13.8. The number of imidazole rings is 1. The summed E-state index contributed by atoms with van der Waals surface area (Å²) in [5, 5.41) is 0. The summed E-state index contributed by atoms with van der Waals surface area (Å²) in [7, 11) is 4.09. The number of aryl methyl sites for hydroxylation is 2. The van der Waals surface area contributed by atoms with Gasteiger partial charge in [-0.3, -0.25) is 0 Å². The van der Waals surface area contributed by atoms with Crippen molar-refractivity contribution >= 4 is 22.6 Å². The van der Waals surface area contributed by atoms with Gasteiger partial charge < -0.3 is 9.47 Å². The zero-order valence-electron chi connectivity index (χ0n) is 11.4. The summed E-state index contributed by atoms with van der Waals surface area (Å²) in [6.07, 6.45) is 1.67. The van der Waals surface area contributed by atoms with Crippen molar-refractivity contribution < 1.29 is 4.39 Å². The van der Waals surface area contributed by atoms with Gasteiger partial charge >= 0.3 is 0 Å². The SMILES string of the molecule is CN(C)CCCn1c(CCCl)nc2c(F)cccc21. The van der Waals surface area contributed by atoms with Gasteiger partial charge in [0.2, 0.25) is 0 Å². The number of nitrogens with zero attached hydrogens (tertiary/aromatic N) is 3. The van der Waals surface area contributed by atoms with Gasteiger partial charge in [0.25, 0.3) is 0 Å². The van der Waals surface area contributed by atoms with E-state index in [0.717, 1.165) is 30.9 Å². The predicted molar refractivity (Wildman–Crippen MR) is 77.3 cm³/mol. The van der Waals surface area contributed by atoms with E-state index in [9.17, 15) is 4.39 Å². The molecule has 2 aromatic rings. The minimum atomic E-state index is -0.264. The van der Waals surface area contributed by atoms with Crippen LogP contribution in [-0.4, -0.2) is 41.0 Å². The topological polar surface area (TPSA) is 21.1 Å². The van der Waals surface area contributed by atoms with Crippen LogP contribution in [0.2, 0.25) is 0 Å². The number of fused-ring (bicyclic) bond motifs is 1. The summed E-state index contributed by atoms with van der Waals surface area (Å²) >= 11 is 5.80. The normalized spacial score (nSPS) is 11.6. The lowest BCUT2D eigenvalue weighted by Crippen LogP contribution is -2.16. The summed E-state index contributed by atoms with van der Waals surface area (Å²) < 4.78 is 15.8. The van der Waals surface area contributed by atoms with Crippen molar-refractivity contribution in [3.63, 3.8) is 0 Å². The third-order valence-corrected chi connectivity index (χ3v) is 3.30. The maximum Gasteiger partial charge on any atom is 0.151 e. The molecule has 104 valence electrons. The highest BCUT2D eigenvalue weighted by atomic mass is 35.5. The van der Waals surface area contributed by atoms with Crippen LogP contribution in [-0.2, 0) is 13.0 Å². The van der Waals surface area contributed by atoms with Crippen molar-refractivity contribution in [1.29, 1.82) is 0 Å². The van der Waals surface area contributed by atoms with E-state index in [2.05, 4.69) is 14.5 Å². The van der Waals surface area contributed by atoms with Crippen LogP contribution < -0.4 is 0 Å². The average molecular weight is 284 g/mol. The molecular weight excluding hydrogens is 265 g/mol. The fraction of sp³-hybridized carbons (Fsp3) is 0.500. The Morgan fingerprint density at radius 3 is 2.84 bits per heavy atom. The lowest BCUT2D eigenvalue weighted by atomic mass is 10.3. The van der Waals surface area contributed by atoms with Crippen molar-refractivity contribution in [1.82, 2.24) is 14.5 Å². The monoisotopic (exact) mass is 283 g/mol. The van der Waals surface area contributed by atoms with Gasteiger partial charge in [0.1, 0.15) is 11.3 Å². The molecule has 1 aromatic heterocycles. The highest BCUT2D eigenvalue weighted by Gasteiger charge is 2.12. The molecule has 0 bridgehead atoms. The summed E-state index contributed by atoms with van der Waals surface area (Å²) in [6, 6.07) is 5.09. The van der Waals surface area contributed by atoms with Gasteiger partial charge in [0.15, 0.2) is 5.82 Å². The minimum Gasteiger partial charge on any atom is -0.328 e. The van der Waals surface area contributed by atoms with Crippen LogP contribution in [0.25, 0.3) is 11.0 Å². The average Bonchev–Trinajstić information content (AvgIpc) is 2.70. The molecule has 0 N–H and O–H groups in total. The van der Waals surface area contributed by atoms with E-state index in [1.165, 1.54) is 6.07 Å². The maximum absolute atomic E-state index is 13.8. The molecule has 0 aliphatic heterocycles. The van der Waals surface area contributed by atoms with Gasteiger partial charge in [0, 0.05) is 18.8 Å². The minimum absolute atomic E-state index is 0.264. The van der Waals surface area contributed by atoms with Gasteiger partial charge in [-0.05, 0) is 39.2 Å². The number of hydrogen-bond donors (Lipinski definition) is 0. The van der Waals surface area contributed by atoms with Crippen LogP contribution in [0, 0.1) is 5.82 Å². The predicted octanol–water partition coefficient (Wildman–Crippen LogP) is 2.91. The fourth-order valence-electron chi connectivity index (χ4n) is 2.23. The molecule has 0 aliphatic carbocycles. The number of hydrogen-bond acceptors (Lipinski definition) is 2. The molecule has 19 heavy (non-hydrogen) atoms. The summed E-state index contributed by atoms with van der Waals surface area (Å²) in [5.41, 5.74) is 1.31. The molecule has 5 heteroatoms. The summed E-state index contributed by atoms with van der Waals surface area (Å²) in [4.78, 5) is 6.53. The van der Waals surface area contributed by atoms with E-state index in [1.54, 1.807) is 6.07 Å². The third-order valence-electron chi connectivity index (χ3n) is 3.11. The molecule has 0 amide bonds. The molecule has 3 nitrogen and oxygen atoms in total. The van der Waals surface area contributed by atoms with E-state index in [4.69, 9.17) is 11.6 Å². The summed E-state index contributed by atoms with van der Waals surface area (Å²) in [6.45, 7) is 1.83. The van der Waals surface area contributed by atoms with Crippen molar-refractivity contribution in [3.8, 4) is 0 Å². The van der Waals surface area contributed by atoms with Crippen molar-refractivity contribution in [2.75, 3.05) is 26.5 Å². The van der Waals surface area contributed by atoms with E-state index >= 15 is 0 Å². The number of para-hydroxylation sites is 1. The molecule has 1 aromatic carbocycles. The largest absolute Gasteiger partial charge is 0.328 e. The van der Waals surface area contributed by atoms with Gasteiger partial charge in [-0.1, -0.05) is 6.07 Å². The van der Waals surface area contributed by atoms with E-state index in [1.807, 2.05) is 20.2 Å². The molecule has 0 atom stereocenters. The highest BCUT2D eigenvalue weighted by Crippen LogP contribution is 2.20. The zero-order valence-corrected chi connectivity index (χ0v) is 12.1. The first kappa shape index (κ1) is 14.3. The Bertz CT molecular complexity index is 551. The first-order valence-electron chi connectivity index (χ1n) is 6.48. The molecular formula is C14H19ClFN3. The first-order chi connectivity index (χ1) is 9.13. The maximum atomic E-state index is 13.8. The third kappa shape index (κ3) is 3.25. The fourth-order valence-corrected chi connectivity index (χ4v) is 2.40. The Hall–Kier alpha value is -1.13. The van der Waals surface area contributed by atoms with Crippen LogP contribution >= 0.6 is 11.6 Å². The molecule has 0 spiro atoms. The van der Waals surface area contributed by atoms with Gasteiger partial charge in [0.05, 0.1) is 5.52 Å². The second-order valence-electron chi connectivity index (χ2n) is 4.88. The van der Waals surface area contributed by atoms with E-state index in [0.29, 0.717) is 17.8 Å². The van der Waals surface area contributed by atoms with Crippen LogP contribution in [0.5, 0.6) is 0 Å². The number of alkyl halides is 1. The second kappa shape index (κ2) is 6.35. The Morgan fingerprint density at radius 2 is 2.16 bits per heavy atom. The van der Waals surface area contributed by atoms with Gasteiger partial charge in [-0.25, -0.2) is 9.37 Å². The first-order valence-corrected chi connectivity index (χ1v) is 7.01. The Morgan fingerprint density at radius 1 is 1.37 bits per heavy atom. The number of rotatable bonds is 6. The van der Waals surface area contributed by atoms with Crippen LogP contribution in [0.4, 0.5) is 4.39 Å². The molecule has 0 unspecified atom stereocenters. The molecule has 0 aliphatic rings. The Labute approximate surface area is 118 Å². The quantitative estimate of drug-likeness (QED) is 0.760. The molecule has 0 saturated heterocycles. The van der Waals surface area contributed by atoms with Crippen LogP contribution in [0.1, 0.15) is 12.2 Å². The molecule has 2 rings (SSSR count). The van der Waals surface area contributed by atoms with Crippen molar-refractivity contribution in [2.45, 2.75) is 19.4 Å². The molecule has 0 fully saturated rings. The lowest BCUT2D eigenvalue weighted by Gasteiger charge is -2.12. The molecule has 0 radical (unpaired) electrons. The number of aromatic nitrogens is 2. The van der Waals surface area contributed by atoms with Crippen molar-refractivity contribution in [3.05, 3.63) is 29.8 Å².